The SMILES string of the molecule is CC(C)(C)Nc1nnc(Sc2ncccc2[N+](=O)[O-])s1. The van der Waals surface area contributed by atoms with Crippen molar-refractivity contribution in [3.05, 3.63) is 28.4 Å². The van der Waals surface area contributed by atoms with Gasteiger partial charge in [0, 0.05) is 17.8 Å². The predicted molar refractivity (Wildman–Crippen MR) is 78.3 cm³/mol. The molecule has 0 radical (unpaired) electrons. The molecule has 0 saturated carbocycles. The van der Waals surface area contributed by atoms with Crippen LogP contribution in [0.1, 0.15) is 20.8 Å². The van der Waals surface area contributed by atoms with E-state index in [-0.39, 0.29) is 11.2 Å². The zero-order valence-electron chi connectivity index (χ0n) is 11.2. The summed E-state index contributed by atoms with van der Waals surface area (Å²) in [6.07, 6.45) is 1.52. The first-order chi connectivity index (χ1) is 9.35. The minimum atomic E-state index is -0.454. The van der Waals surface area contributed by atoms with Gasteiger partial charge in [0.05, 0.1) is 4.92 Å². The number of nitrogens with one attached hydrogen (secondary N) is 1. The van der Waals surface area contributed by atoms with Gasteiger partial charge in [-0.25, -0.2) is 4.98 Å². The van der Waals surface area contributed by atoms with E-state index < -0.39 is 4.92 Å². The van der Waals surface area contributed by atoms with Crippen LogP contribution in [0.3, 0.4) is 0 Å². The lowest BCUT2D eigenvalue weighted by atomic mass is 10.1. The molecule has 2 aromatic rings. The van der Waals surface area contributed by atoms with E-state index in [1.807, 2.05) is 20.8 Å². The smallest absolute Gasteiger partial charge is 0.301 e. The van der Waals surface area contributed by atoms with Gasteiger partial charge in [-0.2, -0.15) is 0 Å². The summed E-state index contributed by atoms with van der Waals surface area (Å²) < 4.78 is 0.610. The van der Waals surface area contributed by atoms with E-state index >= 15 is 0 Å². The molecule has 0 aromatic carbocycles. The van der Waals surface area contributed by atoms with Crippen molar-refractivity contribution < 1.29 is 4.92 Å². The third-order valence-corrected chi connectivity index (χ3v) is 3.92. The highest BCUT2D eigenvalue weighted by molar-refractivity contribution is 8.01. The molecule has 0 atom stereocenters. The van der Waals surface area contributed by atoms with E-state index in [4.69, 9.17) is 0 Å². The topological polar surface area (TPSA) is 93.8 Å². The van der Waals surface area contributed by atoms with Gasteiger partial charge in [-0.05, 0) is 38.6 Å². The number of rotatable bonds is 4. The Balaban J connectivity index is 2.17. The first-order valence-electron chi connectivity index (χ1n) is 5.74. The molecule has 106 valence electrons. The number of aromatic nitrogens is 3. The third-order valence-electron chi connectivity index (χ3n) is 2.02. The zero-order chi connectivity index (χ0) is 14.8. The maximum Gasteiger partial charge on any atom is 0.301 e. The van der Waals surface area contributed by atoms with Crippen molar-refractivity contribution in [2.75, 3.05) is 5.32 Å². The predicted octanol–water partition coefficient (Wildman–Crippen LogP) is 3.20. The third kappa shape index (κ3) is 3.87. The summed E-state index contributed by atoms with van der Waals surface area (Å²) >= 11 is 2.48. The van der Waals surface area contributed by atoms with E-state index in [9.17, 15) is 10.1 Å². The summed E-state index contributed by atoms with van der Waals surface area (Å²) in [5.74, 6) is 0. The number of nitrogens with zero attached hydrogens (tertiary/aromatic N) is 4. The van der Waals surface area contributed by atoms with Crippen LogP contribution in [0.15, 0.2) is 27.7 Å². The number of hydrogen-bond acceptors (Lipinski definition) is 8. The van der Waals surface area contributed by atoms with Gasteiger partial charge in [-0.15, -0.1) is 10.2 Å². The van der Waals surface area contributed by atoms with E-state index in [1.54, 1.807) is 0 Å². The first-order valence-corrected chi connectivity index (χ1v) is 7.37. The maximum atomic E-state index is 10.9. The maximum absolute atomic E-state index is 10.9. The van der Waals surface area contributed by atoms with Crippen LogP contribution in [0.4, 0.5) is 10.8 Å². The second-order valence-corrected chi connectivity index (χ2v) is 7.15. The van der Waals surface area contributed by atoms with Crippen molar-refractivity contribution in [3.8, 4) is 0 Å². The Morgan fingerprint density at radius 1 is 1.40 bits per heavy atom. The summed E-state index contributed by atoms with van der Waals surface area (Å²) in [5.41, 5.74) is -0.142. The molecular formula is C11H13N5O2S2. The Morgan fingerprint density at radius 2 is 2.15 bits per heavy atom. The van der Waals surface area contributed by atoms with Crippen molar-refractivity contribution in [3.63, 3.8) is 0 Å². The van der Waals surface area contributed by atoms with Crippen molar-refractivity contribution in [2.45, 2.75) is 35.7 Å². The summed E-state index contributed by atoms with van der Waals surface area (Å²) in [6.45, 7) is 6.06. The largest absolute Gasteiger partial charge is 0.355 e. The van der Waals surface area contributed by atoms with Gasteiger partial charge >= 0.3 is 5.69 Å². The quantitative estimate of drug-likeness (QED) is 0.684. The minimum Gasteiger partial charge on any atom is -0.355 e. The summed E-state index contributed by atoms with van der Waals surface area (Å²) in [4.78, 5) is 14.5. The Morgan fingerprint density at radius 3 is 2.80 bits per heavy atom. The molecule has 0 unspecified atom stereocenters. The van der Waals surface area contributed by atoms with Crippen molar-refractivity contribution in [2.24, 2.45) is 0 Å². The van der Waals surface area contributed by atoms with E-state index in [1.165, 1.54) is 29.7 Å². The fourth-order valence-corrected chi connectivity index (χ4v) is 3.24. The fraction of sp³-hybridized carbons (Fsp3) is 0.364. The van der Waals surface area contributed by atoms with Crippen molar-refractivity contribution >= 4 is 33.9 Å². The van der Waals surface area contributed by atoms with E-state index in [0.717, 1.165) is 11.8 Å². The molecule has 7 nitrogen and oxygen atoms in total. The molecule has 0 fully saturated rings. The summed E-state index contributed by atoms with van der Waals surface area (Å²) in [7, 11) is 0. The molecule has 0 amide bonds. The number of pyridine rings is 1. The fourth-order valence-electron chi connectivity index (χ4n) is 1.30. The molecule has 0 saturated heterocycles. The lowest BCUT2D eigenvalue weighted by Crippen LogP contribution is -2.25. The molecule has 0 aliphatic carbocycles. The van der Waals surface area contributed by atoms with Gasteiger partial charge in [0.25, 0.3) is 0 Å². The Labute approximate surface area is 124 Å². The number of anilines is 1. The molecule has 9 heteroatoms. The Hall–Kier alpha value is -1.74. The van der Waals surface area contributed by atoms with Crippen LogP contribution in [0.5, 0.6) is 0 Å². The van der Waals surface area contributed by atoms with Gasteiger partial charge < -0.3 is 5.32 Å². The van der Waals surface area contributed by atoms with Crippen molar-refractivity contribution in [1.82, 2.24) is 15.2 Å². The standard InChI is InChI=1S/C11H13N5O2S2/c1-11(2,3)13-9-14-15-10(20-9)19-8-7(16(17)18)5-4-6-12-8/h4-6H,1-3H3,(H,13,14). The first kappa shape index (κ1) is 14.7. The van der Waals surface area contributed by atoms with Gasteiger partial charge in [0.15, 0.2) is 9.37 Å². The lowest BCUT2D eigenvalue weighted by Gasteiger charge is -2.18. The lowest BCUT2D eigenvalue weighted by molar-refractivity contribution is -0.388. The normalized spacial score (nSPS) is 11.3. The van der Waals surface area contributed by atoms with Gasteiger partial charge in [0.2, 0.25) is 5.13 Å². The monoisotopic (exact) mass is 311 g/mol. The molecule has 2 heterocycles. The van der Waals surface area contributed by atoms with Gasteiger partial charge in [0.1, 0.15) is 0 Å². The van der Waals surface area contributed by atoms with Crippen LogP contribution in [0.2, 0.25) is 0 Å². The molecule has 0 bridgehead atoms. The van der Waals surface area contributed by atoms with Gasteiger partial charge in [-0.3, -0.25) is 10.1 Å². The second-order valence-electron chi connectivity index (χ2n) is 4.93. The molecular weight excluding hydrogens is 298 g/mol. The molecule has 0 aliphatic rings. The zero-order valence-corrected chi connectivity index (χ0v) is 12.8. The van der Waals surface area contributed by atoms with Crippen LogP contribution in [-0.2, 0) is 0 Å². The number of nitro groups is 1. The molecule has 2 rings (SSSR count). The highest BCUT2D eigenvalue weighted by Crippen LogP contribution is 2.35. The molecule has 1 N–H and O–H groups in total. The van der Waals surface area contributed by atoms with Crippen LogP contribution in [0, 0.1) is 10.1 Å². The summed E-state index contributed by atoms with van der Waals surface area (Å²) in [6, 6.07) is 2.96. The Bertz CT molecular complexity index is 623. The number of hydrogen-bond donors (Lipinski definition) is 1. The average molecular weight is 311 g/mol. The van der Waals surface area contributed by atoms with Crippen molar-refractivity contribution in [1.29, 1.82) is 0 Å². The molecule has 0 spiro atoms. The Kier molecular flexibility index (Phi) is 4.19. The van der Waals surface area contributed by atoms with Crippen LogP contribution in [-0.4, -0.2) is 25.6 Å². The minimum absolute atomic E-state index is 0.0296. The van der Waals surface area contributed by atoms with Crippen LogP contribution in [0.25, 0.3) is 0 Å². The van der Waals surface area contributed by atoms with Crippen LogP contribution < -0.4 is 5.32 Å². The summed E-state index contributed by atoms with van der Waals surface area (Å²) in [5, 5.41) is 23.1. The highest BCUT2D eigenvalue weighted by atomic mass is 32.2. The molecule has 2 aromatic heterocycles. The second kappa shape index (κ2) is 5.71. The molecule has 0 aliphatic heterocycles. The van der Waals surface area contributed by atoms with E-state index in [2.05, 4.69) is 20.5 Å². The molecule has 20 heavy (non-hydrogen) atoms. The van der Waals surface area contributed by atoms with Gasteiger partial charge in [-0.1, -0.05) is 11.3 Å². The highest BCUT2D eigenvalue weighted by Gasteiger charge is 2.18. The average Bonchev–Trinajstić information content (AvgIpc) is 2.74. The van der Waals surface area contributed by atoms with Crippen LogP contribution >= 0.6 is 23.1 Å². The van der Waals surface area contributed by atoms with E-state index in [0.29, 0.717) is 14.5 Å².